The molecular formula is C47H74O23S2. The lowest BCUT2D eigenvalue weighted by molar-refractivity contribution is -0.379. The zero-order chi connectivity index (χ0) is 53.1. The van der Waals surface area contributed by atoms with E-state index in [0.29, 0.717) is 44.4 Å². The third-order valence-corrected chi connectivity index (χ3v) is 19.0. The van der Waals surface area contributed by atoms with E-state index in [0.717, 1.165) is 19.3 Å². The van der Waals surface area contributed by atoms with E-state index in [1.165, 1.54) is 12.5 Å². The van der Waals surface area contributed by atoms with E-state index >= 15 is 0 Å². The molecule has 25 heteroatoms. The van der Waals surface area contributed by atoms with Gasteiger partial charge >= 0.3 is 26.8 Å². The molecule has 72 heavy (non-hydrogen) atoms. The summed E-state index contributed by atoms with van der Waals surface area (Å²) in [7, 11) is -10.2. The smallest absolute Gasteiger partial charge is 0.397 e. The number of cyclic esters (lactones) is 1. The van der Waals surface area contributed by atoms with Gasteiger partial charge in [-0.1, -0.05) is 59.6 Å². The van der Waals surface area contributed by atoms with Crippen molar-refractivity contribution in [1.29, 1.82) is 0 Å². The van der Waals surface area contributed by atoms with Crippen molar-refractivity contribution in [1.82, 2.24) is 0 Å². The van der Waals surface area contributed by atoms with E-state index in [9.17, 15) is 61.6 Å². The Bertz CT molecular complexity index is 2300. The molecule has 0 radical (unpaired) electrons. The number of allylic oxidation sites excluding steroid dienone is 2. The number of fused-ring (bicyclic) bond motifs is 4. The number of carbonyl (C=O) groups excluding carboxylic acids is 2. The predicted octanol–water partition coefficient (Wildman–Crippen LogP) is 1.05. The van der Waals surface area contributed by atoms with Crippen LogP contribution in [0.4, 0.5) is 0 Å². The zero-order valence-electron chi connectivity index (χ0n) is 41.8. The van der Waals surface area contributed by atoms with Crippen molar-refractivity contribution in [2.45, 2.75) is 211 Å². The van der Waals surface area contributed by atoms with Gasteiger partial charge in [0.25, 0.3) is 0 Å². The third kappa shape index (κ3) is 9.79. The highest BCUT2D eigenvalue weighted by molar-refractivity contribution is 7.81. The topological polar surface area (TPSA) is 347 Å². The first-order valence-electron chi connectivity index (χ1n) is 25.0. The Kier molecular flexibility index (Phi) is 15.5. The quantitative estimate of drug-likeness (QED) is 0.0492. The number of carbonyl (C=O) groups is 2. The van der Waals surface area contributed by atoms with Gasteiger partial charge in [-0.15, -0.1) is 0 Å². The van der Waals surface area contributed by atoms with Crippen LogP contribution in [0.3, 0.4) is 0 Å². The second-order valence-corrected chi connectivity index (χ2v) is 25.4. The molecular weight excluding hydrogens is 997 g/mol. The Morgan fingerprint density at radius 3 is 2.08 bits per heavy atom. The number of esters is 1. The molecule has 23 nitrogen and oxygen atoms in total. The molecule has 3 saturated carbocycles. The van der Waals surface area contributed by atoms with Crippen molar-refractivity contribution >= 4 is 32.6 Å². The normalized spacial score (nSPS) is 48.3. The minimum Gasteiger partial charge on any atom is -0.458 e. The predicted molar refractivity (Wildman–Crippen MR) is 244 cm³/mol. The van der Waals surface area contributed by atoms with E-state index in [1.807, 2.05) is 6.92 Å². The zero-order valence-corrected chi connectivity index (χ0v) is 43.5. The molecule has 4 heterocycles. The van der Waals surface area contributed by atoms with Crippen LogP contribution < -0.4 is 0 Å². The van der Waals surface area contributed by atoms with E-state index in [2.05, 4.69) is 51.8 Å². The maximum Gasteiger partial charge on any atom is 0.397 e. The Hall–Kier alpha value is -1.86. The van der Waals surface area contributed by atoms with Gasteiger partial charge in [-0.05, 0) is 92.8 Å². The van der Waals surface area contributed by atoms with Crippen molar-refractivity contribution < 1.29 is 108 Å². The molecule has 7 fully saturated rings. The van der Waals surface area contributed by atoms with Gasteiger partial charge in [-0.25, -0.2) is 8.37 Å². The van der Waals surface area contributed by atoms with Crippen LogP contribution in [0.25, 0.3) is 0 Å². The molecule has 0 bridgehead atoms. The van der Waals surface area contributed by atoms with Crippen LogP contribution in [0.2, 0.25) is 0 Å². The second-order valence-electron chi connectivity index (χ2n) is 23.3. The van der Waals surface area contributed by atoms with E-state index in [-0.39, 0.29) is 29.0 Å². The largest absolute Gasteiger partial charge is 0.458 e. The Balaban J connectivity index is 0.989. The first kappa shape index (κ1) is 56.3. The van der Waals surface area contributed by atoms with Crippen LogP contribution in [0.5, 0.6) is 0 Å². The van der Waals surface area contributed by atoms with Crippen LogP contribution in [-0.4, -0.2) is 179 Å². The molecule has 8 rings (SSSR count). The van der Waals surface area contributed by atoms with Gasteiger partial charge in [0.1, 0.15) is 72.4 Å². The van der Waals surface area contributed by atoms with Crippen molar-refractivity contribution in [3.63, 3.8) is 0 Å². The number of aliphatic hydroxyl groups is 6. The monoisotopic (exact) mass is 1070 g/mol. The molecule has 0 aromatic carbocycles. The molecule has 1 spiro atoms. The minimum absolute atomic E-state index is 0.00452. The van der Waals surface area contributed by atoms with Crippen LogP contribution in [-0.2, 0) is 71.9 Å². The molecule has 8 aliphatic rings. The van der Waals surface area contributed by atoms with Gasteiger partial charge in [-0.2, -0.15) is 16.8 Å². The molecule has 4 saturated heterocycles. The van der Waals surface area contributed by atoms with E-state index in [1.54, 1.807) is 0 Å². The Labute approximate surface area is 420 Å². The van der Waals surface area contributed by atoms with Gasteiger partial charge in [0.15, 0.2) is 18.9 Å². The first-order chi connectivity index (χ1) is 33.3. The average molecular weight is 1070 g/mol. The van der Waals surface area contributed by atoms with Gasteiger partial charge in [-0.3, -0.25) is 18.7 Å². The lowest BCUT2D eigenvalue weighted by Gasteiger charge is -2.63. The number of hydrogen-bond donors (Lipinski definition) is 8. The fraction of sp³-hybridized carbons (Fsp3) is 0.915. The second kappa shape index (κ2) is 19.9. The maximum absolute atomic E-state index is 14.3. The summed E-state index contributed by atoms with van der Waals surface area (Å²) in [4.78, 5) is 28.6. The van der Waals surface area contributed by atoms with Crippen molar-refractivity contribution in [3.05, 3.63) is 11.6 Å². The van der Waals surface area contributed by atoms with Crippen LogP contribution >= 0.6 is 0 Å². The fourth-order valence-corrected chi connectivity index (χ4v) is 15.4. The molecule has 0 aromatic heterocycles. The maximum atomic E-state index is 14.3. The summed E-state index contributed by atoms with van der Waals surface area (Å²) in [6.45, 7) is 14.5. The summed E-state index contributed by atoms with van der Waals surface area (Å²) < 4.78 is 116. The summed E-state index contributed by atoms with van der Waals surface area (Å²) >= 11 is 0. The standard InChI is InChI=1S/C47H74O23S2/c1-21(2)10-9-15-46(8)38-25(48)18-45(7)24-11-12-28-43(4,5)29(14-16-44(28,6)23(24)13-17-47(38,45)42(55)69-46)66-41-37(31(50)27(19-62-41)70-72(59,60)61)68-39-35(54)33(52)36(22(3)64-39)67-40-34(53)32(51)30(49)26(65-40)20-63-71(56,57)58/h13,21-22,24,26-41,49-54H,9-12,14-20H2,1-8H3,(H,56,57,58)(H,59,60,61)/t22-,24-,26-,27-,28+,29+,30-,31+,32+,33-,34-,35-,36+,37-,38-,39-,40+,41+,44-,45+,46+,47-/m1/s1. The van der Waals surface area contributed by atoms with Crippen LogP contribution in [0, 0.1) is 45.3 Å². The van der Waals surface area contributed by atoms with Crippen molar-refractivity contribution in [2.24, 2.45) is 45.3 Å². The van der Waals surface area contributed by atoms with Gasteiger partial charge in [0, 0.05) is 6.42 Å². The number of ether oxygens (including phenoxy) is 7. The molecule has 22 atom stereocenters. The highest BCUT2D eigenvalue weighted by atomic mass is 32.3. The molecule has 8 N–H and O–H groups in total. The van der Waals surface area contributed by atoms with Crippen LogP contribution in [0.15, 0.2) is 11.6 Å². The summed E-state index contributed by atoms with van der Waals surface area (Å²) in [6.07, 6.45) is -17.7. The number of hydrogen-bond acceptors (Lipinski definition) is 21. The average Bonchev–Trinajstić information content (AvgIpc) is 3.66. The SMILES string of the molecule is CC(C)CCC[C@]1(C)OC(=O)[C@]23CC=C4[C@@H](CC[C@H]5C(C)(C)[C@@H](O[C@@H]6OC[C@@H](OS(=O)(=O)O)[C@H](O)[C@H]6O[C@H]6O[C@H](C)[C@H](O[C@@H]7O[C@H](COS(=O)(=O)O)[C@@H](O)[C@H](O)[C@H]7O)[C@H](O)[C@H]6O)CC[C@]45C)[C@]2(C)CC(=O)[C@@H]31. The van der Waals surface area contributed by atoms with Crippen molar-refractivity contribution in [2.75, 3.05) is 13.2 Å². The van der Waals surface area contributed by atoms with E-state index in [4.69, 9.17) is 41.9 Å². The molecule has 4 aliphatic heterocycles. The first-order valence-corrected chi connectivity index (χ1v) is 27.7. The Morgan fingerprint density at radius 2 is 1.43 bits per heavy atom. The summed E-state index contributed by atoms with van der Waals surface area (Å²) in [5.74, 6) is -0.292. The summed E-state index contributed by atoms with van der Waals surface area (Å²) in [5, 5.41) is 65.9. The molecule has 0 amide bonds. The summed E-state index contributed by atoms with van der Waals surface area (Å²) in [5.41, 5.74) is -2.25. The molecule has 412 valence electrons. The van der Waals surface area contributed by atoms with Gasteiger partial charge in [0.05, 0.1) is 36.8 Å². The minimum atomic E-state index is -5.16. The highest BCUT2D eigenvalue weighted by Crippen LogP contribution is 2.75. The molecule has 4 aliphatic carbocycles. The molecule has 0 aromatic rings. The third-order valence-electron chi connectivity index (χ3n) is 18.1. The molecule has 0 unspecified atom stereocenters. The number of Topliss-reactive ketones (excluding diaryl/α,β-unsaturated/α-hetero) is 1. The van der Waals surface area contributed by atoms with Crippen molar-refractivity contribution in [3.8, 4) is 0 Å². The van der Waals surface area contributed by atoms with Gasteiger partial charge in [0.2, 0.25) is 0 Å². The number of ketones is 1. The van der Waals surface area contributed by atoms with E-state index < -0.39 is 154 Å². The highest BCUT2D eigenvalue weighted by Gasteiger charge is 2.79. The number of rotatable bonds is 15. The van der Waals surface area contributed by atoms with Crippen LogP contribution in [0.1, 0.15) is 113 Å². The number of aliphatic hydroxyl groups excluding tert-OH is 6. The fourth-order valence-electron chi connectivity index (χ4n) is 14.6. The lowest BCUT2D eigenvalue weighted by Crippen LogP contribution is -2.65. The lowest BCUT2D eigenvalue weighted by atomic mass is 9.41. The Morgan fingerprint density at radius 1 is 0.778 bits per heavy atom. The summed E-state index contributed by atoms with van der Waals surface area (Å²) in [6, 6.07) is 0. The van der Waals surface area contributed by atoms with Gasteiger partial charge < -0.3 is 63.8 Å².